The van der Waals surface area contributed by atoms with Crippen LogP contribution in [-0.2, 0) is 10.0 Å². The summed E-state index contributed by atoms with van der Waals surface area (Å²) < 4.78 is 37.3. The van der Waals surface area contributed by atoms with E-state index in [1.165, 1.54) is 13.1 Å². The highest BCUT2D eigenvalue weighted by Crippen LogP contribution is 2.18. The van der Waals surface area contributed by atoms with Gasteiger partial charge in [0.25, 0.3) is 0 Å². The summed E-state index contributed by atoms with van der Waals surface area (Å²) in [6.45, 7) is 0. The molecule has 0 heterocycles. The lowest BCUT2D eigenvalue weighted by atomic mass is 10.3. The molecule has 0 aromatic heterocycles. The van der Waals surface area contributed by atoms with Crippen molar-refractivity contribution < 1.29 is 12.8 Å². The summed E-state index contributed by atoms with van der Waals surface area (Å²) in [4.78, 5) is -0.403. The summed E-state index contributed by atoms with van der Waals surface area (Å²) in [7, 11) is -2.52. The highest BCUT2D eigenvalue weighted by Gasteiger charge is 2.16. The topological polar surface area (TPSA) is 46.2 Å². The average Bonchev–Trinajstić information content (AvgIpc) is 2.03. The van der Waals surface area contributed by atoms with Gasteiger partial charge in [0.15, 0.2) is 0 Å². The molecule has 0 radical (unpaired) electrons. The van der Waals surface area contributed by atoms with Gasteiger partial charge in [0.05, 0.1) is 0 Å². The minimum absolute atomic E-state index is 0.160. The minimum Gasteiger partial charge on any atom is -0.214 e. The first kappa shape index (κ1) is 10.4. The van der Waals surface area contributed by atoms with Crippen LogP contribution in [0.2, 0.25) is 5.02 Å². The Morgan fingerprint density at radius 3 is 2.54 bits per heavy atom. The summed E-state index contributed by atoms with van der Waals surface area (Å²) in [6.07, 6.45) is 0. The maximum absolute atomic E-state index is 13.0. The molecule has 0 unspecified atom stereocenters. The molecule has 0 amide bonds. The zero-order valence-electron chi connectivity index (χ0n) is 6.71. The second-order valence-electron chi connectivity index (χ2n) is 2.28. The molecule has 0 aliphatic heterocycles. The van der Waals surface area contributed by atoms with Gasteiger partial charge in [0, 0.05) is 5.02 Å². The van der Waals surface area contributed by atoms with E-state index >= 15 is 0 Å². The molecule has 0 spiro atoms. The number of hydrogen-bond donors (Lipinski definition) is 1. The Kier molecular flexibility index (Phi) is 2.90. The van der Waals surface area contributed by atoms with Crippen molar-refractivity contribution in [1.82, 2.24) is 4.72 Å². The average molecular weight is 224 g/mol. The Labute approximate surface area is 80.6 Å². The molecule has 6 heteroatoms. The molecule has 72 valence electrons. The van der Waals surface area contributed by atoms with Crippen LogP contribution in [0.4, 0.5) is 4.39 Å². The van der Waals surface area contributed by atoms with E-state index in [9.17, 15) is 12.8 Å². The first-order valence-electron chi connectivity index (χ1n) is 3.36. The van der Waals surface area contributed by atoms with Gasteiger partial charge in [-0.3, -0.25) is 0 Å². The van der Waals surface area contributed by atoms with E-state index in [0.717, 1.165) is 12.1 Å². The van der Waals surface area contributed by atoms with Gasteiger partial charge < -0.3 is 0 Å². The van der Waals surface area contributed by atoms with Gasteiger partial charge in [-0.1, -0.05) is 11.6 Å². The summed E-state index contributed by atoms with van der Waals surface area (Å²) >= 11 is 5.45. The molecule has 0 aliphatic carbocycles. The van der Waals surface area contributed by atoms with E-state index in [1.807, 2.05) is 4.72 Å². The molecule has 1 N–H and O–H groups in total. The van der Waals surface area contributed by atoms with Crippen LogP contribution in [0.15, 0.2) is 23.1 Å². The Bertz CT molecular complexity index is 419. The van der Waals surface area contributed by atoms with Gasteiger partial charge >= 0.3 is 0 Å². The molecular formula is C7H7ClFNO2S. The number of halogens is 2. The normalized spacial score (nSPS) is 11.6. The van der Waals surface area contributed by atoms with Crippen molar-refractivity contribution in [2.75, 3.05) is 7.05 Å². The molecule has 3 nitrogen and oxygen atoms in total. The number of benzene rings is 1. The summed E-state index contributed by atoms with van der Waals surface area (Å²) in [5, 5.41) is 0.160. The predicted octanol–water partition coefficient (Wildman–Crippen LogP) is 1.39. The predicted molar refractivity (Wildman–Crippen MR) is 47.7 cm³/mol. The van der Waals surface area contributed by atoms with E-state index in [4.69, 9.17) is 11.6 Å². The second kappa shape index (κ2) is 3.61. The van der Waals surface area contributed by atoms with Crippen LogP contribution in [-0.4, -0.2) is 15.5 Å². The molecule has 0 saturated heterocycles. The Hall–Kier alpha value is -0.650. The van der Waals surface area contributed by atoms with Crippen LogP contribution in [0.5, 0.6) is 0 Å². The number of hydrogen-bond acceptors (Lipinski definition) is 2. The van der Waals surface area contributed by atoms with E-state index < -0.39 is 20.7 Å². The van der Waals surface area contributed by atoms with E-state index in [2.05, 4.69) is 0 Å². The number of sulfonamides is 1. The molecule has 1 aromatic carbocycles. The quantitative estimate of drug-likeness (QED) is 0.824. The van der Waals surface area contributed by atoms with Gasteiger partial charge in [-0.2, -0.15) is 0 Å². The number of nitrogens with one attached hydrogen (secondary N) is 1. The van der Waals surface area contributed by atoms with Crippen molar-refractivity contribution in [3.63, 3.8) is 0 Å². The van der Waals surface area contributed by atoms with E-state index in [1.54, 1.807) is 0 Å². The summed E-state index contributed by atoms with van der Waals surface area (Å²) in [6, 6.07) is 3.38. The van der Waals surface area contributed by atoms with Gasteiger partial charge in [0.2, 0.25) is 10.0 Å². The standard InChI is InChI=1S/C7H7ClFNO2S/c1-10-13(11,12)7-3-2-5(8)4-6(7)9/h2-4,10H,1H3. The Morgan fingerprint density at radius 1 is 1.46 bits per heavy atom. The van der Waals surface area contributed by atoms with Crippen molar-refractivity contribution in [3.8, 4) is 0 Å². The molecule has 0 atom stereocenters. The first-order valence-corrected chi connectivity index (χ1v) is 5.22. The summed E-state index contributed by atoms with van der Waals surface area (Å²) in [5.74, 6) is -0.859. The monoisotopic (exact) mass is 223 g/mol. The number of rotatable bonds is 2. The van der Waals surface area contributed by atoms with Crippen LogP contribution in [0.1, 0.15) is 0 Å². The third kappa shape index (κ3) is 2.18. The molecule has 0 bridgehead atoms. The molecule has 0 aliphatic rings. The zero-order chi connectivity index (χ0) is 10.1. The minimum atomic E-state index is -3.73. The lowest BCUT2D eigenvalue weighted by Gasteiger charge is -2.03. The van der Waals surface area contributed by atoms with Crippen LogP contribution in [0.25, 0.3) is 0 Å². The van der Waals surface area contributed by atoms with Crippen molar-refractivity contribution in [2.45, 2.75) is 4.90 Å². The molecular weight excluding hydrogens is 217 g/mol. The lowest BCUT2D eigenvalue weighted by molar-refractivity contribution is 0.561. The highest BCUT2D eigenvalue weighted by molar-refractivity contribution is 7.89. The van der Waals surface area contributed by atoms with Crippen LogP contribution in [0.3, 0.4) is 0 Å². The van der Waals surface area contributed by atoms with Crippen LogP contribution < -0.4 is 4.72 Å². The van der Waals surface area contributed by atoms with Gasteiger partial charge in [-0.05, 0) is 25.2 Å². The Morgan fingerprint density at radius 2 is 2.08 bits per heavy atom. The zero-order valence-corrected chi connectivity index (χ0v) is 8.29. The largest absolute Gasteiger partial charge is 0.243 e. The van der Waals surface area contributed by atoms with E-state index in [-0.39, 0.29) is 5.02 Å². The van der Waals surface area contributed by atoms with Gasteiger partial charge in [0.1, 0.15) is 10.7 Å². The first-order chi connectivity index (χ1) is 5.97. The van der Waals surface area contributed by atoms with Crippen molar-refractivity contribution in [3.05, 3.63) is 29.0 Å². The van der Waals surface area contributed by atoms with Gasteiger partial charge in [-0.25, -0.2) is 17.5 Å². The van der Waals surface area contributed by atoms with Crippen molar-refractivity contribution >= 4 is 21.6 Å². The smallest absolute Gasteiger partial charge is 0.214 e. The highest BCUT2D eigenvalue weighted by atomic mass is 35.5. The van der Waals surface area contributed by atoms with Crippen molar-refractivity contribution in [2.24, 2.45) is 0 Å². The van der Waals surface area contributed by atoms with Crippen LogP contribution in [0, 0.1) is 5.82 Å². The third-order valence-corrected chi connectivity index (χ3v) is 3.13. The fourth-order valence-corrected chi connectivity index (χ4v) is 1.74. The lowest BCUT2D eigenvalue weighted by Crippen LogP contribution is -2.19. The molecule has 1 rings (SSSR count). The molecule has 1 aromatic rings. The van der Waals surface area contributed by atoms with Crippen molar-refractivity contribution in [1.29, 1.82) is 0 Å². The fourth-order valence-electron chi connectivity index (χ4n) is 0.803. The SMILES string of the molecule is CNS(=O)(=O)c1ccc(Cl)cc1F. The molecule has 13 heavy (non-hydrogen) atoms. The molecule has 0 saturated carbocycles. The van der Waals surface area contributed by atoms with E-state index in [0.29, 0.717) is 0 Å². The third-order valence-electron chi connectivity index (χ3n) is 1.45. The maximum atomic E-state index is 13.0. The van der Waals surface area contributed by atoms with Gasteiger partial charge in [-0.15, -0.1) is 0 Å². The summed E-state index contributed by atoms with van der Waals surface area (Å²) in [5.41, 5.74) is 0. The maximum Gasteiger partial charge on any atom is 0.243 e. The second-order valence-corrected chi connectivity index (χ2v) is 4.57. The Balaban J connectivity index is 3.33. The molecule has 0 fully saturated rings. The fraction of sp³-hybridized carbons (Fsp3) is 0.143. The van der Waals surface area contributed by atoms with Crippen LogP contribution >= 0.6 is 11.6 Å².